The second kappa shape index (κ2) is 5.29. The van der Waals surface area contributed by atoms with Crippen LogP contribution in [0.1, 0.15) is 12.0 Å². The van der Waals surface area contributed by atoms with Crippen LogP contribution < -0.4 is 11.1 Å². The van der Waals surface area contributed by atoms with E-state index in [2.05, 4.69) is 11.2 Å². The van der Waals surface area contributed by atoms with Gasteiger partial charge in [0.15, 0.2) is 0 Å². The van der Waals surface area contributed by atoms with Crippen LogP contribution in [0.5, 0.6) is 0 Å². The van der Waals surface area contributed by atoms with Crippen molar-refractivity contribution in [3.63, 3.8) is 0 Å². The van der Waals surface area contributed by atoms with Crippen LogP contribution >= 0.6 is 0 Å². The summed E-state index contributed by atoms with van der Waals surface area (Å²) in [5.41, 5.74) is 6.49. The zero-order valence-corrected chi connectivity index (χ0v) is 8.96. The monoisotopic (exact) mass is 220 g/mol. The lowest BCUT2D eigenvalue weighted by atomic mass is 10.2. The Labute approximate surface area is 93.8 Å². The summed E-state index contributed by atoms with van der Waals surface area (Å²) in [5.74, 6) is 1.62. The molecule has 1 rings (SSSR count). The van der Waals surface area contributed by atoms with E-state index in [1.54, 1.807) is 6.92 Å². The Morgan fingerprint density at radius 3 is 2.94 bits per heavy atom. The Morgan fingerprint density at radius 2 is 2.38 bits per heavy atom. The van der Waals surface area contributed by atoms with Crippen LogP contribution in [0.3, 0.4) is 0 Å². The zero-order chi connectivity index (χ0) is 12.1. The number of nitrogens with one attached hydrogen (secondary N) is 1. The number of hydrogen-bond donors (Lipinski definition) is 2. The minimum Gasteiger partial charge on any atom is -0.325 e. The first-order valence-corrected chi connectivity index (χ1v) is 4.80. The molecule has 1 amide bonds. The molecule has 0 aliphatic rings. The highest BCUT2D eigenvalue weighted by atomic mass is 19.1. The van der Waals surface area contributed by atoms with E-state index in [9.17, 15) is 9.18 Å². The second-order valence-electron chi connectivity index (χ2n) is 3.47. The van der Waals surface area contributed by atoms with Crippen LogP contribution in [0.25, 0.3) is 0 Å². The fourth-order valence-electron chi connectivity index (χ4n) is 1.18. The highest BCUT2D eigenvalue weighted by Gasteiger charge is 2.12. The normalized spacial score (nSPS) is 11.6. The molecule has 16 heavy (non-hydrogen) atoms. The van der Waals surface area contributed by atoms with Gasteiger partial charge in [0.2, 0.25) is 5.91 Å². The van der Waals surface area contributed by atoms with E-state index in [-0.39, 0.29) is 18.1 Å². The molecule has 0 fully saturated rings. The van der Waals surface area contributed by atoms with Crippen LogP contribution in [-0.4, -0.2) is 11.9 Å². The molecule has 0 aliphatic carbocycles. The maximum atomic E-state index is 13.0. The van der Waals surface area contributed by atoms with Gasteiger partial charge in [0, 0.05) is 12.1 Å². The molecule has 1 atom stereocenters. The fraction of sp³-hybridized carbons (Fsp3) is 0.250. The topological polar surface area (TPSA) is 55.1 Å². The molecule has 0 saturated heterocycles. The van der Waals surface area contributed by atoms with Crippen molar-refractivity contribution in [2.45, 2.75) is 19.4 Å². The van der Waals surface area contributed by atoms with E-state index >= 15 is 0 Å². The Kier molecular flexibility index (Phi) is 4.03. The number of benzene rings is 1. The Morgan fingerprint density at radius 1 is 1.69 bits per heavy atom. The minimum absolute atomic E-state index is 0.173. The van der Waals surface area contributed by atoms with Gasteiger partial charge in [0.05, 0.1) is 6.04 Å². The number of carbonyl (C=O) groups excluding carboxylic acids is 1. The molecule has 0 aliphatic heterocycles. The van der Waals surface area contributed by atoms with Gasteiger partial charge in [-0.05, 0) is 30.7 Å². The van der Waals surface area contributed by atoms with Gasteiger partial charge in [-0.2, -0.15) is 0 Å². The summed E-state index contributed by atoms with van der Waals surface area (Å²) in [4.78, 5) is 11.5. The molecular weight excluding hydrogens is 207 g/mol. The van der Waals surface area contributed by atoms with Crippen molar-refractivity contribution in [3.8, 4) is 12.3 Å². The SMILES string of the molecule is C#CCC(N)C(=O)Nc1ccc(F)c(C)c1. The molecule has 0 heterocycles. The third-order valence-electron chi connectivity index (χ3n) is 2.10. The van der Waals surface area contributed by atoms with Gasteiger partial charge < -0.3 is 11.1 Å². The van der Waals surface area contributed by atoms with Crippen molar-refractivity contribution in [2.24, 2.45) is 5.73 Å². The quantitative estimate of drug-likeness (QED) is 0.757. The highest BCUT2D eigenvalue weighted by Crippen LogP contribution is 2.13. The summed E-state index contributed by atoms with van der Waals surface area (Å²) >= 11 is 0. The van der Waals surface area contributed by atoms with Crippen molar-refractivity contribution in [3.05, 3.63) is 29.6 Å². The first-order valence-electron chi connectivity index (χ1n) is 4.80. The average Bonchev–Trinajstić information content (AvgIpc) is 2.24. The van der Waals surface area contributed by atoms with Crippen LogP contribution in [0.2, 0.25) is 0 Å². The van der Waals surface area contributed by atoms with E-state index in [0.29, 0.717) is 11.3 Å². The predicted octanol–water partition coefficient (Wildman–Crippen LogP) is 1.42. The minimum atomic E-state index is -0.740. The van der Waals surface area contributed by atoms with E-state index < -0.39 is 6.04 Å². The first-order chi connectivity index (χ1) is 7.54. The summed E-state index contributed by atoms with van der Waals surface area (Å²) in [6, 6.07) is 3.56. The number of aryl methyl sites for hydroxylation is 1. The van der Waals surface area contributed by atoms with Crippen LogP contribution in [-0.2, 0) is 4.79 Å². The largest absolute Gasteiger partial charge is 0.325 e. The number of anilines is 1. The van der Waals surface area contributed by atoms with Crippen molar-refractivity contribution in [1.29, 1.82) is 0 Å². The molecule has 0 radical (unpaired) electrons. The Bertz CT molecular complexity index is 437. The maximum absolute atomic E-state index is 13.0. The van der Waals surface area contributed by atoms with Gasteiger partial charge in [0.1, 0.15) is 5.82 Å². The molecule has 1 unspecified atom stereocenters. The van der Waals surface area contributed by atoms with E-state index in [4.69, 9.17) is 12.2 Å². The summed E-state index contributed by atoms with van der Waals surface area (Å²) in [6.45, 7) is 1.62. The number of amides is 1. The Balaban J connectivity index is 2.70. The van der Waals surface area contributed by atoms with Gasteiger partial charge in [-0.3, -0.25) is 4.79 Å². The molecule has 1 aromatic rings. The molecular formula is C12H13FN2O. The van der Waals surface area contributed by atoms with Crippen LogP contribution in [0.4, 0.5) is 10.1 Å². The summed E-state index contributed by atoms with van der Waals surface area (Å²) < 4.78 is 13.0. The van der Waals surface area contributed by atoms with Gasteiger partial charge in [-0.25, -0.2) is 4.39 Å². The van der Waals surface area contributed by atoms with E-state index in [1.165, 1.54) is 18.2 Å². The first kappa shape index (κ1) is 12.2. The number of terminal acetylenes is 1. The van der Waals surface area contributed by atoms with Crippen LogP contribution in [0, 0.1) is 25.1 Å². The molecule has 0 aromatic heterocycles. The van der Waals surface area contributed by atoms with Crippen LogP contribution in [0.15, 0.2) is 18.2 Å². The van der Waals surface area contributed by atoms with Gasteiger partial charge in [-0.1, -0.05) is 0 Å². The van der Waals surface area contributed by atoms with Crippen molar-refractivity contribution >= 4 is 11.6 Å². The van der Waals surface area contributed by atoms with Crippen molar-refractivity contribution in [1.82, 2.24) is 0 Å². The molecule has 0 spiro atoms. The lowest BCUT2D eigenvalue weighted by Gasteiger charge is -2.10. The molecule has 0 saturated carbocycles. The summed E-state index contributed by atoms with van der Waals surface area (Å²) in [5, 5.41) is 2.57. The summed E-state index contributed by atoms with van der Waals surface area (Å²) in [6.07, 6.45) is 5.22. The average molecular weight is 220 g/mol. The number of rotatable bonds is 3. The molecule has 1 aromatic carbocycles. The third-order valence-corrected chi connectivity index (χ3v) is 2.10. The second-order valence-corrected chi connectivity index (χ2v) is 3.47. The molecule has 3 N–H and O–H groups in total. The number of hydrogen-bond acceptors (Lipinski definition) is 2. The number of halogens is 1. The molecule has 84 valence electrons. The van der Waals surface area contributed by atoms with Gasteiger partial charge in [0.25, 0.3) is 0 Å². The van der Waals surface area contributed by atoms with E-state index in [1.807, 2.05) is 0 Å². The molecule has 0 bridgehead atoms. The number of carbonyl (C=O) groups is 1. The lowest BCUT2D eigenvalue weighted by Crippen LogP contribution is -2.35. The van der Waals surface area contributed by atoms with E-state index in [0.717, 1.165) is 0 Å². The smallest absolute Gasteiger partial charge is 0.242 e. The fourth-order valence-corrected chi connectivity index (χ4v) is 1.18. The summed E-state index contributed by atoms with van der Waals surface area (Å²) in [7, 11) is 0. The van der Waals surface area contributed by atoms with Crippen molar-refractivity contribution in [2.75, 3.05) is 5.32 Å². The molecule has 3 nitrogen and oxygen atoms in total. The predicted molar refractivity (Wildman–Crippen MR) is 61.2 cm³/mol. The van der Waals surface area contributed by atoms with Crippen molar-refractivity contribution < 1.29 is 9.18 Å². The maximum Gasteiger partial charge on any atom is 0.242 e. The lowest BCUT2D eigenvalue weighted by molar-refractivity contribution is -0.117. The molecule has 4 heteroatoms. The Hall–Kier alpha value is -1.86. The van der Waals surface area contributed by atoms with Gasteiger partial charge >= 0.3 is 0 Å². The highest BCUT2D eigenvalue weighted by molar-refractivity contribution is 5.94. The standard InChI is InChI=1S/C12H13FN2O/c1-3-4-11(14)12(16)15-9-5-6-10(13)8(2)7-9/h1,5-7,11H,4,14H2,2H3,(H,15,16). The number of nitrogens with two attached hydrogens (primary N) is 1. The third kappa shape index (κ3) is 3.07. The van der Waals surface area contributed by atoms with Gasteiger partial charge in [-0.15, -0.1) is 12.3 Å². The zero-order valence-electron chi connectivity index (χ0n) is 8.96.